The van der Waals surface area contributed by atoms with E-state index in [1.54, 1.807) is 0 Å². The second kappa shape index (κ2) is 10.4. The van der Waals surface area contributed by atoms with E-state index in [0.29, 0.717) is 6.42 Å². The van der Waals surface area contributed by atoms with E-state index in [4.69, 9.17) is 4.98 Å². The van der Waals surface area contributed by atoms with Crippen LogP contribution in [0.5, 0.6) is 0 Å². The summed E-state index contributed by atoms with van der Waals surface area (Å²) in [5, 5.41) is 4.42. The lowest BCUT2D eigenvalue weighted by Crippen LogP contribution is -2.44. The first-order valence-electron chi connectivity index (χ1n) is 12.6. The first-order chi connectivity index (χ1) is 17.1. The van der Waals surface area contributed by atoms with Crippen LogP contribution in [0.2, 0.25) is 0 Å². The van der Waals surface area contributed by atoms with Gasteiger partial charge < -0.3 is 5.32 Å². The Morgan fingerprint density at radius 2 is 1.60 bits per heavy atom. The minimum Gasteiger partial charge on any atom is -0.353 e. The van der Waals surface area contributed by atoms with Crippen LogP contribution in [0.15, 0.2) is 78.9 Å². The van der Waals surface area contributed by atoms with Crippen molar-refractivity contribution in [3.8, 4) is 11.1 Å². The molecule has 0 atom stereocenters. The van der Waals surface area contributed by atoms with Gasteiger partial charge >= 0.3 is 0 Å². The third kappa shape index (κ3) is 5.28. The van der Waals surface area contributed by atoms with E-state index in [1.165, 1.54) is 11.1 Å². The lowest BCUT2D eigenvalue weighted by molar-refractivity contribution is -0.121. The first kappa shape index (κ1) is 23.3. The molecule has 3 aromatic carbocycles. The number of hydrogen-bond acceptors (Lipinski definition) is 3. The van der Waals surface area contributed by atoms with Gasteiger partial charge in [-0.05, 0) is 60.6 Å². The predicted molar refractivity (Wildman–Crippen MR) is 143 cm³/mol. The third-order valence-corrected chi connectivity index (χ3v) is 7.21. The monoisotopic (exact) mass is 463 g/mol. The molecule has 1 aliphatic heterocycles. The molecule has 35 heavy (non-hydrogen) atoms. The van der Waals surface area contributed by atoms with Crippen molar-refractivity contribution < 1.29 is 4.79 Å². The number of aryl methyl sites for hydroxylation is 2. The SMILES string of the molecule is Cc1ccccc1CN1CCC(NC(=O)Cc2c(C)nc3ccccc3c2-c2ccccc2)CC1. The molecule has 0 aliphatic carbocycles. The lowest BCUT2D eigenvalue weighted by Gasteiger charge is -2.32. The molecule has 0 saturated carbocycles. The van der Waals surface area contributed by atoms with Crippen LogP contribution in [0, 0.1) is 13.8 Å². The predicted octanol–water partition coefficient (Wildman–Crippen LogP) is 5.84. The Balaban J connectivity index is 1.28. The molecule has 0 spiro atoms. The fourth-order valence-corrected chi connectivity index (χ4v) is 5.23. The Bertz CT molecular complexity index is 1320. The number of carbonyl (C=O) groups excluding carboxylic acids is 1. The van der Waals surface area contributed by atoms with Crippen molar-refractivity contribution in [2.45, 2.75) is 45.7 Å². The van der Waals surface area contributed by atoms with Gasteiger partial charge in [0.05, 0.1) is 11.9 Å². The molecule has 1 amide bonds. The van der Waals surface area contributed by atoms with Crippen LogP contribution in [-0.2, 0) is 17.8 Å². The minimum atomic E-state index is 0.0831. The smallest absolute Gasteiger partial charge is 0.224 e. The zero-order valence-corrected chi connectivity index (χ0v) is 20.6. The summed E-state index contributed by atoms with van der Waals surface area (Å²) in [7, 11) is 0. The number of aromatic nitrogens is 1. The van der Waals surface area contributed by atoms with E-state index < -0.39 is 0 Å². The van der Waals surface area contributed by atoms with Gasteiger partial charge in [-0.2, -0.15) is 0 Å². The molecule has 4 aromatic rings. The Morgan fingerprint density at radius 1 is 0.914 bits per heavy atom. The lowest BCUT2D eigenvalue weighted by atomic mass is 9.92. The van der Waals surface area contributed by atoms with Crippen molar-refractivity contribution in [1.82, 2.24) is 15.2 Å². The van der Waals surface area contributed by atoms with E-state index in [9.17, 15) is 4.79 Å². The zero-order chi connectivity index (χ0) is 24.2. The zero-order valence-electron chi connectivity index (χ0n) is 20.6. The number of amides is 1. The van der Waals surface area contributed by atoms with Gasteiger partial charge in [-0.1, -0.05) is 72.8 Å². The minimum absolute atomic E-state index is 0.0831. The molecule has 0 unspecified atom stereocenters. The van der Waals surface area contributed by atoms with Crippen LogP contribution in [0.25, 0.3) is 22.0 Å². The van der Waals surface area contributed by atoms with Gasteiger partial charge in [0.15, 0.2) is 0 Å². The molecule has 1 aliphatic rings. The average molecular weight is 464 g/mol. The van der Waals surface area contributed by atoms with Gasteiger partial charge in [-0.15, -0.1) is 0 Å². The Morgan fingerprint density at radius 3 is 2.37 bits per heavy atom. The molecule has 0 bridgehead atoms. The molecule has 4 heteroatoms. The highest BCUT2D eigenvalue weighted by molar-refractivity contribution is 5.98. The molecule has 1 aromatic heterocycles. The second-order valence-electron chi connectivity index (χ2n) is 9.66. The molecule has 1 fully saturated rings. The molecule has 178 valence electrons. The fraction of sp³-hybridized carbons (Fsp3) is 0.290. The maximum absolute atomic E-state index is 13.2. The summed E-state index contributed by atoms with van der Waals surface area (Å²) >= 11 is 0. The van der Waals surface area contributed by atoms with Crippen LogP contribution in [-0.4, -0.2) is 34.9 Å². The number of nitrogens with one attached hydrogen (secondary N) is 1. The summed E-state index contributed by atoms with van der Waals surface area (Å²) < 4.78 is 0. The topological polar surface area (TPSA) is 45.2 Å². The fourth-order valence-electron chi connectivity index (χ4n) is 5.23. The summed E-state index contributed by atoms with van der Waals surface area (Å²) in [5.74, 6) is 0.0831. The molecule has 4 nitrogen and oxygen atoms in total. The normalized spacial score (nSPS) is 14.8. The van der Waals surface area contributed by atoms with Crippen LogP contribution in [0.4, 0.5) is 0 Å². The van der Waals surface area contributed by atoms with Crippen molar-refractivity contribution in [3.05, 3.63) is 101 Å². The molecular formula is C31H33N3O. The van der Waals surface area contributed by atoms with Gasteiger partial charge in [-0.3, -0.25) is 14.7 Å². The van der Waals surface area contributed by atoms with Crippen LogP contribution in [0.1, 0.15) is 35.2 Å². The maximum Gasteiger partial charge on any atom is 0.224 e. The highest BCUT2D eigenvalue weighted by Crippen LogP contribution is 2.33. The molecule has 2 heterocycles. The number of fused-ring (bicyclic) bond motifs is 1. The quantitative estimate of drug-likeness (QED) is 0.391. The van der Waals surface area contributed by atoms with Gasteiger partial charge in [-0.25, -0.2) is 0 Å². The van der Waals surface area contributed by atoms with E-state index in [0.717, 1.165) is 65.8 Å². The van der Waals surface area contributed by atoms with Gasteiger partial charge in [0.25, 0.3) is 0 Å². The molecule has 0 radical (unpaired) electrons. The average Bonchev–Trinajstić information content (AvgIpc) is 2.87. The van der Waals surface area contributed by atoms with Gasteiger partial charge in [0, 0.05) is 36.8 Å². The van der Waals surface area contributed by atoms with Crippen LogP contribution < -0.4 is 5.32 Å². The van der Waals surface area contributed by atoms with Crippen LogP contribution >= 0.6 is 0 Å². The number of pyridine rings is 1. The number of para-hydroxylation sites is 1. The van der Waals surface area contributed by atoms with Crippen molar-refractivity contribution in [1.29, 1.82) is 0 Å². The highest BCUT2D eigenvalue weighted by atomic mass is 16.1. The third-order valence-electron chi connectivity index (χ3n) is 7.21. The van der Waals surface area contributed by atoms with Crippen molar-refractivity contribution in [2.75, 3.05) is 13.1 Å². The number of nitrogens with zero attached hydrogens (tertiary/aromatic N) is 2. The van der Waals surface area contributed by atoms with Crippen molar-refractivity contribution in [3.63, 3.8) is 0 Å². The summed E-state index contributed by atoms with van der Waals surface area (Å²) in [5.41, 5.74) is 7.89. The number of benzene rings is 3. The molecule has 1 saturated heterocycles. The number of hydrogen-bond donors (Lipinski definition) is 1. The summed E-state index contributed by atoms with van der Waals surface area (Å²) in [6, 6.07) is 27.4. The number of likely N-dealkylation sites (tertiary alicyclic amines) is 1. The Labute approximate surface area is 208 Å². The Kier molecular flexibility index (Phi) is 6.91. The number of piperidine rings is 1. The standard InChI is InChI=1S/C31H33N3O/c1-22-10-6-7-13-25(22)21-34-18-16-26(17-19-34)33-30(35)20-28-23(2)32-29-15-9-8-14-27(29)31(28)24-11-4-3-5-12-24/h3-15,26H,16-21H2,1-2H3,(H,33,35). The van der Waals surface area contributed by atoms with Gasteiger partial charge in [0.1, 0.15) is 0 Å². The summed E-state index contributed by atoms with van der Waals surface area (Å²) in [6.45, 7) is 7.19. The largest absolute Gasteiger partial charge is 0.353 e. The van der Waals surface area contributed by atoms with Crippen molar-refractivity contribution in [2.24, 2.45) is 0 Å². The highest BCUT2D eigenvalue weighted by Gasteiger charge is 2.23. The van der Waals surface area contributed by atoms with E-state index in [1.807, 2.05) is 31.2 Å². The Hall–Kier alpha value is -3.50. The van der Waals surface area contributed by atoms with E-state index in [-0.39, 0.29) is 11.9 Å². The molecule has 5 rings (SSSR count). The maximum atomic E-state index is 13.2. The molecular weight excluding hydrogens is 430 g/mol. The van der Waals surface area contributed by atoms with Gasteiger partial charge in [0.2, 0.25) is 5.91 Å². The number of carbonyl (C=O) groups is 1. The van der Waals surface area contributed by atoms with E-state index >= 15 is 0 Å². The van der Waals surface area contributed by atoms with Crippen molar-refractivity contribution >= 4 is 16.8 Å². The van der Waals surface area contributed by atoms with E-state index in [2.05, 4.69) is 71.7 Å². The second-order valence-corrected chi connectivity index (χ2v) is 9.66. The summed E-state index contributed by atoms with van der Waals surface area (Å²) in [4.78, 5) is 20.5. The van der Waals surface area contributed by atoms with Crippen LogP contribution in [0.3, 0.4) is 0 Å². The molecule has 1 N–H and O–H groups in total. The number of rotatable bonds is 6. The summed E-state index contributed by atoms with van der Waals surface area (Å²) in [6.07, 6.45) is 2.31. The first-order valence-corrected chi connectivity index (χ1v) is 12.6.